The summed E-state index contributed by atoms with van der Waals surface area (Å²) in [7, 11) is 0. The summed E-state index contributed by atoms with van der Waals surface area (Å²) >= 11 is 3.15. The number of hydrogen-bond donors (Lipinski definition) is 1. The van der Waals surface area contributed by atoms with Crippen molar-refractivity contribution in [1.29, 1.82) is 0 Å². The Labute approximate surface area is 92.3 Å². The van der Waals surface area contributed by atoms with Crippen molar-refractivity contribution in [2.24, 2.45) is 5.92 Å². The Kier molecular flexibility index (Phi) is 4.48. The van der Waals surface area contributed by atoms with E-state index < -0.39 is 5.97 Å². The zero-order valence-electron chi connectivity index (χ0n) is 8.27. The van der Waals surface area contributed by atoms with Crippen molar-refractivity contribution in [2.75, 3.05) is 0 Å². The molecule has 0 aliphatic rings. The van der Waals surface area contributed by atoms with Crippen molar-refractivity contribution in [3.8, 4) is 0 Å². The quantitative estimate of drug-likeness (QED) is 0.844. The molecule has 4 heteroatoms. The molecule has 1 atom stereocenters. The first-order valence-corrected chi connectivity index (χ1v) is 6.46. The Bertz CT molecular complexity index is 280. The molecule has 0 radical (unpaired) electrons. The molecule has 1 N–H and O–H groups in total. The third kappa shape index (κ3) is 3.35. The van der Waals surface area contributed by atoms with Crippen molar-refractivity contribution in [2.45, 2.75) is 24.9 Å². The normalized spacial score (nSPS) is 13.1. The SMILES string of the molecule is CC(C)C(SCc1ccsc1)C(=O)O. The van der Waals surface area contributed by atoms with Gasteiger partial charge in [0.2, 0.25) is 0 Å². The minimum atomic E-state index is -0.708. The van der Waals surface area contributed by atoms with Crippen LogP contribution in [-0.4, -0.2) is 16.3 Å². The van der Waals surface area contributed by atoms with Crippen LogP contribution >= 0.6 is 23.1 Å². The van der Waals surface area contributed by atoms with E-state index in [0.717, 1.165) is 5.75 Å². The molecule has 1 aromatic heterocycles. The van der Waals surface area contributed by atoms with Gasteiger partial charge in [-0.15, -0.1) is 11.8 Å². The van der Waals surface area contributed by atoms with Gasteiger partial charge in [0, 0.05) is 5.75 Å². The minimum Gasteiger partial charge on any atom is -0.480 e. The summed E-state index contributed by atoms with van der Waals surface area (Å²) < 4.78 is 0. The number of thiophene rings is 1. The van der Waals surface area contributed by atoms with Gasteiger partial charge in [0.1, 0.15) is 5.25 Å². The van der Waals surface area contributed by atoms with E-state index in [4.69, 9.17) is 5.11 Å². The van der Waals surface area contributed by atoms with Gasteiger partial charge in [-0.3, -0.25) is 4.79 Å². The van der Waals surface area contributed by atoms with Gasteiger partial charge >= 0.3 is 5.97 Å². The summed E-state index contributed by atoms with van der Waals surface area (Å²) in [5.74, 6) is 0.259. The van der Waals surface area contributed by atoms with Gasteiger partial charge in [-0.25, -0.2) is 0 Å². The van der Waals surface area contributed by atoms with Crippen molar-refractivity contribution in [3.05, 3.63) is 22.4 Å². The molecule has 1 unspecified atom stereocenters. The smallest absolute Gasteiger partial charge is 0.316 e. The predicted octanol–water partition coefficient (Wildman–Crippen LogP) is 3.09. The van der Waals surface area contributed by atoms with Crippen LogP contribution in [0.25, 0.3) is 0 Å². The summed E-state index contributed by atoms with van der Waals surface area (Å²) in [5.41, 5.74) is 1.21. The number of carboxylic acid groups (broad SMARTS) is 1. The third-order valence-corrected chi connectivity index (χ3v) is 4.20. The number of aliphatic carboxylic acids is 1. The lowest BCUT2D eigenvalue weighted by Gasteiger charge is -2.14. The van der Waals surface area contributed by atoms with Crippen LogP contribution in [0.1, 0.15) is 19.4 Å². The Hall–Kier alpha value is -0.480. The fourth-order valence-corrected chi connectivity index (χ4v) is 2.96. The minimum absolute atomic E-state index is 0.177. The molecule has 0 aromatic carbocycles. The predicted molar refractivity (Wildman–Crippen MR) is 61.9 cm³/mol. The highest BCUT2D eigenvalue weighted by molar-refractivity contribution is 7.99. The van der Waals surface area contributed by atoms with Crippen LogP contribution < -0.4 is 0 Å². The number of hydrogen-bond acceptors (Lipinski definition) is 3. The first-order chi connectivity index (χ1) is 6.61. The molecule has 78 valence electrons. The highest BCUT2D eigenvalue weighted by atomic mass is 32.2. The third-order valence-electron chi connectivity index (χ3n) is 1.86. The van der Waals surface area contributed by atoms with Gasteiger partial charge in [-0.2, -0.15) is 11.3 Å². The number of thioether (sulfide) groups is 1. The molecule has 0 aliphatic carbocycles. The summed E-state index contributed by atoms with van der Waals surface area (Å²) in [6, 6.07) is 2.04. The lowest BCUT2D eigenvalue weighted by molar-refractivity contribution is -0.137. The Balaban J connectivity index is 2.45. The lowest BCUT2D eigenvalue weighted by Crippen LogP contribution is -2.22. The Morgan fingerprint density at radius 1 is 1.64 bits per heavy atom. The summed E-state index contributed by atoms with van der Waals surface area (Å²) in [6.07, 6.45) is 0. The van der Waals surface area contributed by atoms with Crippen molar-refractivity contribution < 1.29 is 9.90 Å². The van der Waals surface area contributed by atoms with Crippen molar-refractivity contribution >= 4 is 29.1 Å². The van der Waals surface area contributed by atoms with Crippen LogP contribution in [0.2, 0.25) is 0 Å². The van der Waals surface area contributed by atoms with E-state index in [2.05, 4.69) is 5.38 Å². The molecular formula is C10H14O2S2. The lowest BCUT2D eigenvalue weighted by atomic mass is 10.1. The molecule has 0 aliphatic heterocycles. The molecule has 2 nitrogen and oxygen atoms in total. The van der Waals surface area contributed by atoms with Crippen LogP contribution in [0.15, 0.2) is 16.8 Å². The first-order valence-electron chi connectivity index (χ1n) is 4.46. The van der Waals surface area contributed by atoms with Gasteiger partial charge < -0.3 is 5.11 Å². The summed E-state index contributed by atoms with van der Waals surface area (Å²) in [6.45, 7) is 3.89. The molecule has 1 rings (SSSR count). The van der Waals surface area contributed by atoms with Crippen LogP contribution in [0.5, 0.6) is 0 Å². The standard InChI is InChI=1S/C10H14O2S2/c1-7(2)9(10(11)12)14-6-8-3-4-13-5-8/h3-5,7,9H,6H2,1-2H3,(H,11,12). The molecule has 0 bridgehead atoms. The fraction of sp³-hybridized carbons (Fsp3) is 0.500. The molecule has 0 spiro atoms. The largest absolute Gasteiger partial charge is 0.480 e. The van der Waals surface area contributed by atoms with E-state index in [9.17, 15) is 4.79 Å². The van der Waals surface area contributed by atoms with Crippen LogP contribution in [0, 0.1) is 5.92 Å². The van der Waals surface area contributed by atoms with Gasteiger partial charge in [-0.1, -0.05) is 13.8 Å². The molecule has 0 fully saturated rings. The maximum Gasteiger partial charge on any atom is 0.316 e. The second kappa shape index (κ2) is 5.41. The van der Waals surface area contributed by atoms with Crippen LogP contribution in [0.3, 0.4) is 0 Å². The molecule has 0 amide bonds. The summed E-state index contributed by atoms with van der Waals surface area (Å²) in [5, 5.41) is 12.7. The van der Waals surface area contributed by atoms with E-state index >= 15 is 0 Å². The topological polar surface area (TPSA) is 37.3 Å². The van der Waals surface area contributed by atoms with E-state index in [1.54, 1.807) is 11.3 Å². The molecule has 0 saturated carbocycles. The van der Waals surface area contributed by atoms with E-state index in [0.29, 0.717) is 0 Å². The number of rotatable bonds is 5. The van der Waals surface area contributed by atoms with Gasteiger partial charge in [0.25, 0.3) is 0 Å². The summed E-state index contributed by atoms with van der Waals surface area (Å²) in [4.78, 5) is 10.9. The monoisotopic (exact) mass is 230 g/mol. The maximum atomic E-state index is 10.9. The zero-order chi connectivity index (χ0) is 10.6. The Morgan fingerprint density at radius 2 is 2.36 bits per heavy atom. The molecule has 1 aromatic rings. The molecular weight excluding hydrogens is 216 g/mol. The zero-order valence-corrected chi connectivity index (χ0v) is 9.90. The fourth-order valence-electron chi connectivity index (χ4n) is 1.11. The maximum absolute atomic E-state index is 10.9. The Morgan fingerprint density at radius 3 is 2.79 bits per heavy atom. The van der Waals surface area contributed by atoms with Crippen LogP contribution in [-0.2, 0) is 10.5 Å². The van der Waals surface area contributed by atoms with Crippen molar-refractivity contribution in [1.82, 2.24) is 0 Å². The second-order valence-electron chi connectivity index (χ2n) is 3.45. The van der Waals surface area contributed by atoms with Crippen molar-refractivity contribution in [3.63, 3.8) is 0 Å². The first kappa shape index (κ1) is 11.6. The van der Waals surface area contributed by atoms with Gasteiger partial charge in [-0.05, 0) is 28.3 Å². The van der Waals surface area contributed by atoms with E-state index in [-0.39, 0.29) is 11.2 Å². The molecule has 0 saturated heterocycles. The number of carboxylic acids is 1. The number of carbonyl (C=O) groups is 1. The van der Waals surface area contributed by atoms with E-state index in [1.807, 2.05) is 25.3 Å². The molecule has 14 heavy (non-hydrogen) atoms. The highest BCUT2D eigenvalue weighted by Crippen LogP contribution is 2.24. The van der Waals surface area contributed by atoms with Crippen LogP contribution in [0.4, 0.5) is 0 Å². The average molecular weight is 230 g/mol. The average Bonchev–Trinajstić information content (AvgIpc) is 2.55. The second-order valence-corrected chi connectivity index (χ2v) is 5.36. The highest BCUT2D eigenvalue weighted by Gasteiger charge is 2.21. The molecule has 1 heterocycles. The van der Waals surface area contributed by atoms with Gasteiger partial charge in [0.15, 0.2) is 0 Å². The van der Waals surface area contributed by atoms with Gasteiger partial charge in [0.05, 0.1) is 0 Å². The van der Waals surface area contributed by atoms with E-state index in [1.165, 1.54) is 17.3 Å².